The van der Waals surface area contributed by atoms with Gasteiger partial charge in [-0.15, -0.1) is 0 Å². The monoisotopic (exact) mass is 352 g/mol. The first kappa shape index (κ1) is 17.7. The van der Waals surface area contributed by atoms with Crippen molar-refractivity contribution in [1.82, 2.24) is 10.3 Å². The van der Waals surface area contributed by atoms with Gasteiger partial charge in [0.05, 0.1) is 5.52 Å². The van der Waals surface area contributed by atoms with Crippen LogP contribution in [-0.2, 0) is 11.2 Å². The lowest BCUT2D eigenvalue weighted by atomic mass is 10.0. The SMILES string of the molecule is Cc1[nH]c2c(F)ccc(C)c2c1CCNC(=O)C=Cc1cccc(O)c1. The van der Waals surface area contributed by atoms with Crippen LogP contribution < -0.4 is 5.32 Å². The molecular weight excluding hydrogens is 331 g/mol. The molecular formula is C21H21FN2O2. The van der Waals surface area contributed by atoms with E-state index in [1.165, 1.54) is 12.1 Å². The molecule has 0 aliphatic carbocycles. The van der Waals surface area contributed by atoms with E-state index in [9.17, 15) is 14.3 Å². The lowest BCUT2D eigenvalue weighted by molar-refractivity contribution is -0.116. The predicted molar refractivity (Wildman–Crippen MR) is 102 cm³/mol. The number of aromatic hydroxyl groups is 1. The van der Waals surface area contributed by atoms with Crippen LogP contribution in [0, 0.1) is 19.7 Å². The number of carbonyl (C=O) groups is 1. The zero-order valence-corrected chi connectivity index (χ0v) is 14.8. The molecule has 0 aliphatic heterocycles. The highest BCUT2D eigenvalue weighted by Crippen LogP contribution is 2.27. The highest BCUT2D eigenvalue weighted by Gasteiger charge is 2.13. The topological polar surface area (TPSA) is 65.1 Å². The molecule has 1 amide bonds. The van der Waals surface area contributed by atoms with Crippen molar-refractivity contribution in [1.29, 1.82) is 0 Å². The number of halogens is 1. The number of aromatic nitrogens is 1. The van der Waals surface area contributed by atoms with Crippen LogP contribution >= 0.6 is 0 Å². The maximum Gasteiger partial charge on any atom is 0.244 e. The van der Waals surface area contributed by atoms with E-state index < -0.39 is 0 Å². The number of rotatable bonds is 5. The number of hydrogen-bond donors (Lipinski definition) is 3. The Kier molecular flexibility index (Phi) is 5.07. The summed E-state index contributed by atoms with van der Waals surface area (Å²) >= 11 is 0. The van der Waals surface area contributed by atoms with E-state index >= 15 is 0 Å². The minimum Gasteiger partial charge on any atom is -0.508 e. The second-order valence-corrected chi connectivity index (χ2v) is 6.31. The molecule has 0 radical (unpaired) electrons. The number of phenolic OH excluding ortho intramolecular Hbond substituents is 1. The maximum absolute atomic E-state index is 14.0. The molecule has 0 saturated carbocycles. The Balaban J connectivity index is 1.65. The van der Waals surface area contributed by atoms with Crippen molar-refractivity contribution in [2.75, 3.05) is 6.54 Å². The van der Waals surface area contributed by atoms with Crippen molar-refractivity contribution in [2.24, 2.45) is 0 Å². The van der Waals surface area contributed by atoms with Crippen molar-refractivity contribution in [3.8, 4) is 5.75 Å². The Morgan fingerprint density at radius 2 is 2.08 bits per heavy atom. The average molecular weight is 352 g/mol. The molecule has 26 heavy (non-hydrogen) atoms. The summed E-state index contributed by atoms with van der Waals surface area (Å²) in [6.45, 7) is 4.32. The Morgan fingerprint density at radius 3 is 2.85 bits per heavy atom. The van der Waals surface area contributed by atoms with Gasteiger partial charge in [-0.1, -0.05) is 18.2 Å². The predicted octanol–water partition coefficient (Wildman–Crippen LogP) is 4.00. The third-order valence-corrected chi connectivity index (χ3v) is 4.40. The maximum atomic E-state index is 14.0. The van der Waals surface area contributed by atoms with E-state index in [-0.39, 0.29) is 17.5 Å². The molecule has 0 bridgehead atoms. The number of carbonyl (C=O) groups excluding carboxylic acids is 1. The molecule has 4 nitrogen and oxygen atoms in total. The van der Waals surface area contributed by atoms with Crippen molar-refractivity contribution < 1.29 is 14.3 Å². The number of benzene rings is 2. The fourth-order valence-corrected chi connectivity index (χ4v) is 3.13. The molecule has 5 heteroatoms. The van der Waals surface area contributed by atoms with E-state index in [2.05, 4.69) is 10.3 Å². The third kappa shape index (κ3) is 3.77. The van der Waals surface area contributed by atoms with Crippen molar-refractivity contribution >= 4 is 22.9 Å². The van der Waals surface area contributed by atoms with Gasteiger partial charge in [0.1, 0.15) is 11.6 Å². The number of amides is 1. The number of phenols is 1. The van der Waals surface area contributed by atoms with E-state index in [0.717, 1.165) is 27.8 Å². The van der Waals surface area contributed by atoms with Crippen molar-refractivity contribution in [3.05, 3.63) is 70.7 Å². The first-order valence-electron chi connectivity index (χ1n) is 8.47. The average Bonchev–Trinajstić information content (AvgIpc) is 2.94. The molecule has 0 saturated heterocycles. The van der Waals surface area contributed by atoms with Gasteiger partial charge in [0.25, 0.3) is 0 Å². The second-order valence-electron chi connectivity index (χ2n) is 6.31. The molecule has 0 spiro atoms. The van der Waals surface area contributed by atoms with Gasteiger partial charge in [-0.2, -0.15) is 0 Å². The van der Waals surface area contributed by atoms with Crippen LogP contribution in [0.3, 0.4) is 0 Å². The van der Waals surface area contributed by atoms with Gasteiger partial charge in [-0.25, -0.2) is 4.39 Å². The van der Waals surface area contributed by atoms with Gasteiger partial charge in [0.2, 0.25) is 5.91 Å². The summed E-state index contributed by atoms with van der Waals surface area (Å²) in [5, 5.41) is 13.1. The summed E-state index contributed by atoms with van der Waals surface area (Å²) in [6.07, 6.45) is 3.69. The number of aryl methyl sites for hydroxylation is 2. The smallest absolute Gasteiger partial charge is 0.244 e. The third-order valence-electron chi connectivity index (χ3n) is 4.40. The van der Waals surface area contributed by atoms with Crippen LogP contribution in [-0.4, -0.2) is 22.5 Å². The Labute approximate surface area is 151 Å². The van der Waals surface area contributed by atoms with Gasteiger partial charge in [-0.3, -0.25) is 4.79 Å². The minimum absolute atomic E-state index is 0.157. The number of aromatic amines is 1. The molecule has 3 rings (SSSR count). The summed E-state index contributed by atoms with van der Waals surface area (Å²) in [5.74, 6) is -0.322. The van der Waals surface area contributed by atoms with E-state index in [1.54, 1.807) is 36.4 Å². The van der Waals surface area contributed by atoms with Gasteiger partial charge >= 0.3 is 0 Å². The first-order chi connectivity index (χ1) is 12.5. The summed E-state index contributed by atoms with van der Waals surface area (Å²) in [6, 6.07) is 9.91. The Morgan fingerprint density at radius 1 is 1.27 bits per heavy atom. The molecule has 0 unspecified atom stereocenters. The zero-order valence-electron chi connectivity index (χ0n) is 14.8. The molecule has 0 atom stereocenters. The molecule has 2 aromatic carbocycles. The lowest BCUT2D eigenvalue weighted by Gasteiger charge is -2.05. The van der Waals surface area contributed by atoms with Crippen molar-refractivity contribution in [3.63, 3.8) is 0 Å². The number of hydrogen-bond acceptors (Lipinski definition) is 2. The fourth-order valence-electron chi connectivity index (χ4n) is 3.13. The first-order valence-corrected chi connectivity index (χ1v) is 8.47. The normalized spacial score (nSPS) is 11.3. The van der Waals surface area contributed by atoms with Crippen LogP contribution in [0.2, 0.25) is 0 Å². The fraction of sp³-hybridized carbons (Fsp3) is 0.190. The number of nitrogens with one attached hydrogen (secondary N) is 2. The molecule has 1 heterocycles. The quantitative estimate of drug-likeness (QED) is 0.608. The minimum atomic E-state index is -0.266. The van der Waals surface area contributed by atoms with Gasteiger partial charge in [-0.05, 0) is 61.2 Å². The zero-order chi connectivity index (χ0) is 18.7. The van der Waals surface area contributed by atoms with E-state index in [1.807, 2.05) is 13.8 Å². The molecule has 0 aliphatic rings. The summed E-state index contributed by atoms with van der Waals surface area (Å²) in [7, 11) is 0. The highest BCUT2D eigenvalue weighted by atomic mass is 19.1. The van der Waals surface area contributed by atoms with Gasteiger partial charge in [0.15, 0.2) is 0 Å². The molecule has 1 aromatic heterocycles. The molecule has 0 fully saturated rings. The summed E-state index contributed by atoms with van der Waals surface area (Å²) in [4.78, 5) is 15.1. The van der Waals surface area contributed by atoms with Crippen LogP contribution in [0.25, 0.3) is 17.0 Å². The highest BCUT2D eigenvalue weighted by molar-refractivity contribution is 5.92. The van der Waals surface area contributed by atoms with E-state index in [0.29, 0.717) is 18.5 Å². The van der Waals surface area contributed by atoms with Crippen molar-refractivity contribution in [2.45, 2.75) is 20.3 Å². The number of fused-ring (bicyclic) bond motifs is 1. The van der Waals surface area contributed by atoms with Crippen LogP contribution in [0.15, 0.2) is 42.5 Å². The van der Waals surface area contributed by atoms with Crippen LogP contribution in [0.5, 0.6) is 5.75 Å². The number of H-pyrrole nitrogens is 1. The molecule has 134 valence electrons. The van der Waals surface area contributed by atoms with Gasteiger partial charge < -0.3 is 15.4 Å². The summed E-state index contributed by atoms with van der Waals surface area (Å²) < 4.78 is 14.0. The second kappa shape index (κ2) is 7.44. The Bertz CT molecular complexity index is 989. The molecule has 3 N–H and O–H groups in total. The standard InChI is InChI=1S/C21H21FN2O2/c1-13-6-8-18(22)21-20(13)17(14(2)24-21)10-11-23-19(26)9-7-15-4-3-5-16(25)12-15/h3-9,12,24-25H,10-11H2,1-2H3,(H,23,26). The molecule has 3 aromatic rings. The van der Waals surface area contributed by atoms with Gasteiger partial charge in [0, 0.05) is 23.7 Å². The van der Waals surface area contributed by atoms with Crippen LogP contribution in [0.4, 0.5) is 4.39 Å². The van der Waals surface area contributed by atoms with E-state index in [4.69, 9.17) is 0 Å². The largest absolute Gasteiger partial charge is 0.508 e. The lowest BCUT2D eigenvalue weighted by Crippen LogP contribution is -2.23. The Hall–Kier alpha value is -3.08. The summed E-state index contributed by atoms with van der Waals surface area (Å²) in [5.41, 5.74) is 4.22. The van der Waals surface area contributed by atoms with Crippen LogP contribution in [0.1, 0.15) is 22.4 Å².